The topological polar surface area (TPSA) is 0 Å². The van der Waals surface area contributed by atoms with Gasteiger partial charge in [-0.15, -0.1) is 0 Å². The van der Waals surface area contributed by atoms with E-state index in [2.05, 4.69) is 61.5 Å². The molecule has 0 saturated carbocycles. The summed E-state index contributed by atoms with van der Waals surface area (Å²) < 4.78 is 0. The lowest BCUT2D eigenvalue weighted by molar-refractivity contribution is 0.556. The van der Waals surface area contributed by atoms with E-state index in [9.17, 15) is 0 Å². The van der Waals surface area contributed by atoms with E-state index in [0.29, 0.717) is 0 Å². The van der Waals surface area contributed by atoms with Crippen LogP contribution in [-0.2, 0) is 6.42 Å². The van der Waals surface area contributed by atoms with Crippen molar-refractivity contribution in [3.05, 3.63) is 60.2 Å². The van der Waals surface area contributed by atoms with Crippen molar-refractivity contribution < 1.29 is 0 Å². The highest BCUT2D eigenvalue weighted by atomic mass is 14.3. The van der Waals surface area contributed by atoms with Gasteiger partial charge in [-0.2, -0.15) is 0 Å². The maximum atomic E-state index is 2.39. The van der Waals surface area contributed by atoms with E-state index in [1.807, 2.05) is 0 Å². The lowest BCUT2D eigenvalue weighted by atomic mass is 9.94. The molecule has 3 aromatic rings. The van der Waals surface area contributed by atoms with Crippen LogP contribution < -0.4 is 0 Å². The molecule has 0 unspecified atom stereocenters. The monoisotopic (exact) mass is 370 g/mol. The number of rotatable bonds is 11. The molecule has 0 bridgehead atoms. The molecular weight excluding hydrogens is 336 g/mol. The van der Waals surface area contributed by atoms with Crippen molar-refractivity contribution in [2.45, 2.75) is 77.6 Å². The van der Waals surface area contributed by atoms with Crippen molar-refractivity contribution >= 4 is 10.8 Å². The van der Waals surface area contributed by atoms with Crippen molar-refractivity contribution in [2.24, 2.45) is 0 Å². The number of fused-ring (bicyclic) bond motifs is 3. The van der Waals surface area contributed by atoms with Crippen LogP contribution in [0.2, 0.25) is 0 Å². The molecule has 146 valence electrons. The first-order valence-electron chi connectivity index (χ1n) is 11.5. The van der Waals surface area contributed by atoms with Gasteiger partial charge in [-0.3, -0.25) is 0 Å². The van der Waals surface area contributed by atoms with Crippen LogP contribution in [0.15, 0.2) is 54.6 Å². The van der Waals surface area contributed by atoms with E-state index < -0.39 is 0 Å². The molecule has 0 amide bonds. The standard InChI is InChI=1S/C28H34/c1-2-3-4-5-6-7-8-9-10-11-15-22-20-21-23-16-14-19-26-24-17-12-13-18-25(24)27(22)28(23)26/h12-14,16-21H,2-11,15H2,1H3. The Bertz CT molecular complexity index is 918. The molecule has 0 spiro atoms. The fourth-order valence-electron chi connectivity index (χ4n) is 4.90. The molecule has 0 radical (unpaired) electrons. The fraction of sp³-hybridized carbons (Fsp3) is 0.429. The summed E-state index contributed by atoms with van der Waals surface area (Å²) in [4.78, 5) is 0. The van der Waals surface area contributed by atoms with Crippen LogP contribution in [0.1, 0.15) is 76.7 Å². The smallest absolute Gasteiger partial charge is 0.00236 e. The molecule has 0 aliphatic heterocycles. The molecule has 0 aromatic heterocycles. The Kier molecular flexibility index (Phi) is 6.47. The zero-order valence-corrected chi connectivity index (χ0v) is 17.5. The molecule has 0 heteroatoms. The Balaban J connectivity index is 1.35. The van der Waals surface area contributed by atoms with E-state index in [1.165, 1.54) is 104 Å². The second-order valence-corrected chi connectivity index (χ2v) is 8.48. The second kappa shape index (κ2) is 9.41. The van der Waals surface area contributed by atoms with Gasteiger partial charge >= 0.3 is 0 Å². The average Bonchev–Trinajstić information content (AvgIpc) is 3.08. The Morgan fingerprint density at radius 1 is 0.536 bits per heavy atom. The zero-order chi connectivity index (χ0) is 19.2. The Hall–Kier alpha value is -2.08. The fourth-order valence-corrected chi connectivity index (χ4v) is 4.90. The van der Waals surface area contributed by atoms with Crippen molar-refractivity contribution in [3.8, 4) is 22.3 Å². The first-order chi connectivity index (χ1) is 13.9. The van der Waals surface area contributed by atoms with Gasteiger partial charge in [0, 0.05) is 0 Å². The van der Waals surface area contributed by atoms with Gasteiger partial charge in [0.15, 0.2) is 0 Å². The third-order valence-corrected chi connectivity index (χ3v) is 6.42. The number of benzene rings is 3. The first-order valence-corrected chi connectivity index (χ1v) is 11.5. The van der Waals surface area contributed by atoms with Gasteiger partial charge in [0.25, 0.3) is 0 Å². The lowest BCUT2D eigenvalue weighted by Gasteiger charge is -2.10. The highest BCUT2D eigenvalue weighted by molar-refractivity contribution is 6.16. The molecule has 0 nitrogen and oxygen atoms in total. The normalized spacial score (nSPS) is 11.9. The SMILES string of the molecule is CCCCCCCCCCCCc1ccc2cccc3c2c1-c1ccccc1-3. The Labute approximate surface area is 171 Å². The molecule has 0 atom stereocenters. The minimum Gasteiger partial charge on any atom is -0.0654 e. The third kappa shape index (κ3) is 4.02. The van der Waals surface area contributed by atoms with E-state index in [0.717, 1.165) is 0 Å². The van der Waals surface area contributed by atoms with E-state index in [-0.39, 0.29) is 0 Å². The number of unbranched alkanes of at least 4 members (excludes halogenated alkanes) is 9. The summed E-state index contributed by atoms with van der Waals surface area (Å²) in [5, 5.41) is 2.86. The average molecular weight is 371 g/mol. The molecule has 1 aliphatic carbocycles. The minimum absolute atomic E-state index is 1.21. The summed E-state index contributed by atoms with van der Waals surface area (Å²) in [5.74, 6) is 0. The van der Waals surface area contributed by atoms with Crippen LogP contribution in [0.25, 0.3) is 33.0 Å². The van der Waals surface area contributed by atoms with E-state index in [4.69, 9.17) is 0 Å². The highest BCUT2D eigenvalue weighted by Gasteiger charge is 2.22. The van der Waals surface area contributed by atoms with Crippen molar-refractivity contribution in [1.82, 2.24) is 0 Å². The molecule has 3 aromatic carbocycles. The Morgan fingerprint density at radius 3 is 1.93 bits per heavy atom. The number of aryl methyl sites for hydroxylation is 1. The first kappa shape index (κ1) is 19.2. The number of hydrogen-bond acceptors (Lipinski definition) is 0. The summed E-state index contributed by atoms with van der Waals surface area (Å²) in [5.41, 5.74) is 7.34. The van der Waals surface area contributed by atoms with Crippen LogP contribution in [0, 0.1) is 0 Å². The maximum Gasteiger partial charge on any atom is -0.00236 e. The molecule has 0 saturated heterocycles. The number of hydrogen-bond donors (Lipinski definition) is 0. The van der Waals surface area contributed by atoms with Gasteiger partial charge in [-0.1, -0.05) is 119 Å². The highest BCUT2D eigenvalue weighted by Crippen LogP contribution is 2.48. The Morgan fingerprint density at radius 2 is 1.18 bits per heavy atom. The van der Waals surface area contributed by atoms with Gasteiger partial charge in [0.1, 0.15) is 0 Å². The quantitative estimate of drug-likeness (QED) is 0.231. The molecular formula is C28H34. The zero-order valence-electron chi connectivity index (χ0n) is 17.5. The second-order valence-electron chi connectivity index (χ2n) is 8.48. The summed E-state index contributed by atoms with van der Waals surface area (Å²) in [7, 11) is 0. The van der Waals surface area contributed by atoms with Crippen molar-refractivity contribution in [3.63, 3.8) is 0 Å². The molecule has 0 heterocycles. The van der Waals surface area contributed by atoms with E-state index >= 15 is 0 Å². The van der Waals surface area contributed by atoms with Gasteiger partial charge in [0.05, 0.1) is 0 Å². The van der Waals surface area contributed by atoms with Gasteiger partial charge in [0.2, 0.25) is 0 Å². The molecule has 1 aliphatic rings. The summed E-state index contributed by atoms with van der Waals surface area (Å²) in [6.07, 6.45) is 15.2. The molecule has 0 fully saturated rings. The van der Waals surface area contributed by atoms with Gasteiger partial charge < -0.3 is 0 Å². The lowest BCUT2D eigenvalue weighted by Crippen LogP contribution is -1.91. The molecule has 4 rings (SSSR count). The van der Waals surface area contributed by atoms with Gasteiger partial charge in [-0.25, -0.2) is 0 Å². The van der Waals surface area contributed by atoms with Crippen molar-refractivity contribution in [1.29, 1.82) is 0 Å². The third-order valence-electron chi connectivity index (χ3n) is 6.42. The van der Waals surface area contributed by atoms with Crippen molar-refractivity contribution in [2.75, 3.05) is 0 Å². The predicted octanol–water partition coefficient (Wildman–Crippen LogP) is 8.95. The van der Waals surface area contributed by atoms with Crippen LogP contribution in [-0.4, -0.2) is 0 Å². The predicted molar refractivity (Wildman–Crippen MR) is 124 cm³/mol. The van der Waals surface area contributed by atoms with Crippen LogP contribution in [0.3, 0.4) is 0 Å². The molecule has 28 heavy (non-hydrogen) atoms. The minimum atomic E-state index is 1.21. The van der Waals surface area contributed by atoms with Crippen LogP contribution >= 0.6 is 0 Å². The summed E-state index contributed by atoms with van der Waals surface area (Å²) in [6.45, 7) is 2.29. The van der Waals surface area contributed by atoms with E-state index in [1.54, 1.807) is 5.56 Å². The summed E-state index contributed by atoms with van der Waals surface area (Å²) >= 11 is 0. The van der Waals surface area contributed by atoms with Crippen LogP contribution in [0.4, 0.5) is 0 Å². The van der Waals surface area contributed by atoms with Gasteiger partial charge in [-0.05, 0) is 51.4 Å². The van der Waals surface area contributed by atoms with Crippen LogP contribution in [0.5, 0.6) is 0 Å². The largest absolute Gasteiger partial charge is 0.0654 e. The maximum absolute atomic E-state index is 2.39. The summed E-state index contributed by atoms with van der Waals surface area (Å²) in [6, 6.07) is 20.4. The molecule has 0 N–H and O–H groups in total.